The van der Waals surface area contributed by atoms with Crippen LogP contribution in [0.1, 0.15) is 52.5 Å². The smallest absolute Gasteiger partial charge is 0.408 e. The minimum Gasteiger partial charge on any atom is -0.506 e. The Morgan fingerprint density at radius 2 is 1.81 bits per heavy atom. The molecule has 10 nitrogen and oxygen atoms in total. The number of anilines is 1. The molecule has 0 unspecified atom stereocenters. The number of carbonyl (C=O) groups excluding carboxylic acids is 3. The van der Waals surface area contributed by atoms with Crippen LogP contribution in [0.15, 0.2) is 18.2 Å². The van der Waals surface area contributed by atoms with Gasteiger partial charge in [0.25, 0.3) is 0 Å². The third-order valence-electron chi connectivity index (χ3n) is 3.83. The van der Waals surface area contributed by atoms with Crippen molar-refractivity contribution in [3.05, 3.63) is 23.8 Å². The number of amides is 2. The van der Waals surface area contributed by atoms with Gasteiger partial charge in [0.15, 0.2) is 0 Å². The van der Waals surface area contributed by atoms with Gasteiger partial charge in [0.05, 0.1) is 12.3 Å². The zero-order valence-corrected chi connectivity index (χ0v) is 18.2. The lowest BCUT2D eigenvalue weighted by molar-refractivity contribution is -0.145. The summed E-state index contributed by atoms with van der Waals surface area (Å²) in [6.07, 6.45) is -0.762. The van der Waals surface area contributed by atoms with E-state index in [1.807, 2.05) is 0 Å². The Hall–Kier alpha value is -3.30. The highest BCUT2D eigenvalue weighted by Gasteiger charge is 2.26. The number of nitrogens with one attached hydrogen (secondary N) is 2. The number of ether oxygens (including phenoxy) is 2. The van der Waals surface area contributed by atoms with E-state index in [0.717, 1.165) is 0 Å². The van der Waals surface area contributed by atoms with E-state index >= 15 is 0 Å². The molecule has 0 bridgehead atoms. The first-order chi connectivity index (χ1) is 14.4. The molecule has 0 heterocycles. The van der Waals surface area contributed by atoms with Crippen molar-refractivity contribution in [1.82, 2.24) is 5.32 Å². The molecule has 0 aliphatic carbocycles. The molecular weight excluding hydrogens is 408 g/mol. The van der Waals surface area contributed by atoms with Crippen LogP contribution >= 0.6 is 0 Å². The van der Waals surface area contributed by atoms with Crippen molar-refractivity contribution < 1.29 is 38.9 Å². The number of hydrogen-bond acceptors (Lipinski definition) is 7. The van der Waals surface area contributed by atoms with E-state index in [9.17, 15) is 24.3 Å². The van der Waals surface area contributed by atoms with E-state index in [1.165, 1.54) is 12.1 Å². The topological polar surface area (TPSA) is 151 Å². The lowest BCUT2D eigenvalue weighted by Crippen LogP contribution is -2.45. The SMILES string of the molecule is CCOC(=O)[C@H](Cc1ccc(O)c(NC(=O)CCCC(=O)O)c1)NC(=O)OC(C)(C)C. The second kappa shape index (κ2) is 11.8. The molecule has 1 atom stereocenters. The van der Waals surface area contributed by atoms with Gasteiger partial charge in [-0.15, -0.1) is 0 Å². The molecule has 0 fully saturated rings. The molecule has 4 N–H and O–H groups in total. The fourth-order valence-electron chi connectivity index (χ4n) is 2.54. The highest BCUT2D eigenvalue weighted by molar-refractivity contribution is 5.92. The highest BCUT2D eigenvalue weighted by atomic mass is 16.6. The van der Waals surface area contributed by atoms with Crippen molar-refractivity contribution in [2.75, 3.05) is 11.9 Å². The van der Waals surface area contributed by atoms with Gasteiger partial charge in [0, 0.05) is 19.3 Å². The van der Waals surface area contributed by atoms with Crippen molar-refractivity contribution in [3.63, 3.8) is 0 Å². The summed E-state index contributed by atoms with van der Waals surface area (Å²) in [5, 5.41) is 23.6. The van der Waals surface area contributed by atoms with Crippen molar-refractivity contribution >= 4 is 29.6 Å². The third-order valence-corrected chi connectivity index (χ3v) is 3.83. The van der Waals surface area contributed by atoms with Crippen LogP contribution in [0.5, 0.6) is 5.75 Å². The van der Waals surface area contributed by atoms with Gasteiger partial charge in [-0.1, -0.05) is 6.07 Å². The number of carboxylic acids is 1. The van der Waals surface area contributed by atoms with Crippen LogP contribution in [0.25, 0.3) is 0 Å². The van der Waals surface area contributed by atoms with E-state index in [-0.39, 0.29) is 43.7 Å². The van der Waals surface area contributed by atoms with E-state index in [4.69, 9.17) is 14.6 Å². The Bertz CT molecular complexity index is 801. The highest BCUT2D eigenvalue weighted by Crippen LogP contribution is 2.25. The second-order valence-electron chi connectivity index (χ2n) is 7.80. The lowest BCUT2D eigenvalue weighted by Gasteiger charge is -2.23. The van der Waals surface area contributed by atoms with Gasteiger partial charge in [0.2, 0.25) is 5.91 Å². The molecule has 0 aliphatic heterocycles. The number of aromatic hydroxyl groups is 1. The standard InChI is InChI=1S/C21H30N2O8/c1-5-30-19(28)15(23-20(29)31-21(2,3)4)12-13-9-10-16(24)14(11-13)22-17(25)7-6-8-18(26)27/h9-11,15,24H,5-8,12H2,1-4H3,(H,22,25)(H,23,29)(H,26,27)/t15-/m0/s1. The monoisotopic (exact) mass is 438 g/mol. The predicted octanol–water partition coefficient (Wildman–Crippen LogP) is 2.58. The number of benzene rings is 1. The summed E-state index contributed by atoms with van der Waals surface area (Å²) >= 11 is 0. The molecule has 2 amide bonds. The van der Waals surface area contributed by atoms with Crippen molar-refractivity contribution in [3.8, 4) is 5.75 Å². The molecule has 10 heteroatoms. The molecule has 1 aromatic carbocycles. The first kappa shape index (κ1) is 25.7. The molecule has 0 aromatic heterocycles. The molecule has 172 valence electrons. The van der Waals surface area contributed by atoms with E-state index in [1.54, 1.807) is 33.8 Å². The number of aliphatic carboxylic acids is 1. The van der Waals surface area contributed by atoms with Gasteiger partial charge in [-0.05, 0) is 51.8 Å². The molecule has 1 aromatic rings. The Labute approximate surface area is 180 Å². The van der Waals surface area contributed by atoms with E-state index < -0.39 is 35.6 Å². The maximum Gasteiger partial charge on any atom is 0.408 e. The van der Waals surface area contributed by atoms with Gasteiger partial charge in [-0.2, -0.15) is 0 Å². The maximum absolute atomic E-state index is 12.3. The summed E-state index contributed by atoms with van der Waals surface area (Å²) in [7, 11) is 0. The molecule has 0 saturated heterocycles. The lowest BCUT2D eigenvalue weighted by atomic mass is 10.0. The molecule has 0 aliphatic rings. The fraction of sp³-hybridized carbons (Fsp3) is 0.524. The van der Waals surface area contributed by atoms with Crippen molar-refractivity contribution in [1.29, 1.82) is 0 Å². The zero-order chi connectivity index (χ0) is 23.6. The Balaban J connectivity index is 2.90. The largest absolute Gasteiger partial charge is 0.506 e. The number of rotatable bonds is 10. The summed E-state index contributed by atoms with van der Waals surface area (Å²) < 4.78 is 10.2. The van der Waals surface area contributed by atoms with Gasteiger partial charge in [-0.3, -0.25) is 9.59 Å². The first-order valence-corrected chi connectivity index (χ1v) is 9.91. The predicted molar refractivity (Wildman–Crippen MR) is 112 cm³/mol. The number of phenolic OH excluding ortho intramolecular Hbond substituents is 1. The van der Waals surface area contributed by atoms with Crippen molar-refractivity contribution in [2.45, 2.75) is 65.0 Å². The number of hydrogen-bond donors (Lipinski definition) is 4. The minimum atomic E-state index is -1.04. The molecule has 1 rings (SSSR count). The normalized spacial score (nSPS) is 11.9. The number of carbonyl (C=O) groups is 4. The summed E-state index contributed by atoms with van der Waals surface area (Å²) in [6, 6.07) is 3.31. The van der Waals surface area contributed by atoms with Gasteiger partial charge < -0.3 is 30.3 Å². The Kier molecular flexibility index (Phi) is 9.78. The Morgan fingerprint density at radius 1 is 1.13 bits per heavy atom. The number of alkyl carbamates (subject to hydrolysis) is 1. The molecule has 0 radical (unpaired) electrons. The summed E-state index contributed by atoms with van der Waals surface area (Å²) in [5.74, 6) is -2.30. The summed E-state index contributed by atoms with van der Waals surface area (Å²) in [6.45, 7) is 6.84. The number of carboxylic acid groups (broad SMARTS) is 1. The number of phenols is 1. The zero-order valence-electron chi connectivity index (χ0n) is 18.2. The fourth-order valence-corrected chi connectivity index (χ4v) is 2.54. The Morgan fingerprint density at radius 3 is 2.39 bits per heavy atom. The summed E-state index contributed by atoms with van der Waals surface area (Å²) in [5.41, 5.74) is -0.106. The number of esters is 1. The molecular formula is C21H30N2O8. The van der Waals surface area contributed by atoms with Crippen LogP contribution in [0.3, 0.4) is 0 Å². The molecule has 0 saturated carbocycles. The van der Waals surface area contributed by atoms with Gasteiger partial charge in [-0.25, -0.2) is 9.59 Å². The quantitative estimate of drug-likeness (QED) is 0.321. The maximum atomic E-state index is 12.3. The average Bonchev–Trinajstić information content (AvgIpc) is 2.62. The first-order valence-electron chi connectivity index (χ1n) is 9.91. The van der Waals surface area contributed by atoms with Crippen LogP contribution in [0.2, 0.25) is 0 Å². The minimum absolute atomic E-state index is 0.0262. The average molecular weight is 438 g/mol. The van der Waals surface area contributed by atoms with Crippen LogP contribution < -0.4 is 10.6 Å². The van der Waals surface area contributed by atoms with Gasteiger partial charge >= 0.3 is 18.0 Å². The van der Waals surface area contributed by atoms with Crippen molar-refractivity contribution in [2.24, 2.45) is 0 Å². The van der Waals surface area contributed by atoms with Gasteiger partial charge in [0.1, 0.15) is 17.4 Å². The molecule has 0 spiro atoms. The van der Waals surface area contributed by atoms with Crippen LogP contribution in [-0.4, -0.2) is 52.4 Å². The van der Waals surface area contributed by atoms with Crippen LogP contribution in [0.4, 0.5) is 10.5 Å². The van der Waals surface area contributed by atoms with Crippen LogP contribution in [-0.2, 0) is 30.3 Å². The summed E-state index contributed by atoms with van der Waals surface area (Å²) in [4.78, 5) is 46.9. The molecule has 31 heavy (non-hydrogen) atoms. The van der Waals surface area contributed by atoms with E-state index in [2.05, 4.69) is 10.6 Å². The second-order valence-corrected chi connectivity index (χ2v) is 7.80. The third kappa shape index (κ3) is 10.3. The van der Waals surface area contributed by atoms with Crippen LogP contribution in [0, 0.1) is 0 Å². The van der Waals surface area contributed by atoms with E-state index in [0.29, 0.717) is 5.56 Å².